The molecule has 1 fully saturated rings. The molecule has 106 valence electrons. The minimum atomic E-state index is 0.00524. The second-order valence-electron chi connectivity index (χ2n) is 5.47. The normalized spacial score (nSPS) is 24.2. The number of nitrogens with one attached hydrogen (secondary N) is 2. The van der Waals surface area contributed by atoms with Gasteiger partial charge in [0.1, 0.15) is 0 Å². The number of carbonyl (C=O) groups excluding carboxylic acids is 1. The van der Waals surface area contributed by atoms with Crippen molar-refractivity contribution in [2.24, 2.45) is 5.92 Å². The third-order valence-electron chi connectivity index (χ3n) is 3.37. The number of amides is 1. The van der Waals surface area contributed by atoms with E-state index >= 15 is 0 Å². The smallest absolute Gasteiger partial charge is 0.237 e. The Morgan fingerprint density at radius 3 is 2.89 bits per heavy atom. The van der Waals surface area contributed by atoms with E-state index in [0.29, 0.717) is 12.0 Å². The molecule has 0 aromatic heterocycles. The number of ether oxygens (including phenoxy) is 1. The molecule has 4 heteroatoms. The van der Waals surface area contributed by atoms with Crippen LogP contribution in [0.25, 0.3) is 0 Å². The minimum absolute atomic E-state index is 0.00524. The molecule has 2 N–H and O–H groups in total. The van der Waals surface area contributed by atoms with Gasteiger partial charge in [-0.2, -0.15) is 0 Å². The Morgan fingerprint density at radius 2 is 2.22 bits per heavy atom. The van der Waals surface area contributed by atoms with Crippen molar-refractivity contribution >= 4 is 5.91 Å². The highest BCUT2D eigenvalue weighted by atomic mass is 16.5. The van der Waals surface area contributed by atoms with Gasteiger partial charge in [0.25, 0.3) is 0 Å². The first-order valence-electron chi connectivity index (χ1n) is 7.24. The highest BCUT2D eigenvalue weighted by Gasteiger charge is 2.26. The number of hydrogen-bond acceptors (Lipinski definition) is 3. The van der Waals surface area contributed by atoms with Crippen LogP contribution in [0.3, 0.4) is 0 Å². The maximum absolute atomic E-state index is 11.9. The molecule has 1 aliphatic rings. The van der Waals surface area contributed by atoms with E-state index in [1.54, 1.807) is 0 Å². The highest BCUT2D eigenvalue weighted by Crippen LogP contribution is 2.15. The number of rotatable bonds is 7. The number of hydrogen-bond donors (Lipinski definition) is 2. The number of unbranched alkanes of at least 4 members (excludes halogenated alkanes) is 1. The predicted octanol–water partition coefficient (Wildman–Crippen LogP) is 1.70. The molecule has 0 aliphatic carbocycles. The van der Waals surface area contributed by atoms with Crippen LogP contribution in [0.4, 0.5) is 0 Å². The number of carbonyl (C=O) groups is 1. The van der Waals surface area contributed by atoms with Crippen LogP contribution in [0.2, 0.25) is 0 Å². The largest absolute Gasteiger partial charge is 0.379 e. The van der Waals surface area contributed by atoms with Gasteiger partial charge in [-0.15, -0.1) is 0 Å². The van der Waals surface area contributed by atoms with Crippen LogP contribution in [0.1, 0.15) is 46.5 Å². The average molecular weight is 256 g/mol. The molecule has 1 saturated heterocycles. The van der Waals surface area contributed by atoms with Gasteiger partial charge in [-0.05, 0) is 52.0 Å². The molecule has 0 saturated carbocycles. The highest BCUT2D eigenvalue weighted by molar-refractivity contribution is 5.82. The quantitative estimate of drug-likeness (QED) is 0.682. The molecule has 2 atom stereocenters. The zero-order valence-electron chi connectivity index (χ0n) is 12.0. The summed E-state index contributed by atoms with van der Waals surface area (Å²) in [5, 5.41) is 6.31. The maximum Gasteiger partial charge on any atom is 0.237 e. The van der Waals surface area contributed by atoms with E-state index in [1.807, 2.05) is 13.8 Å². The van der Waals surface area contributed by atoms with Crippen molar-refractivity contribution in [3.63, 3.8) is 0 Å². The van der Waals surface area contributed by atoms with Gasteiger partial charge in [-0.25, -0.2) is 0 Å². The molecule has 0 radical (unpaired) electrons. The van der Waals surface area contributed by atoms with Gasteiger partial charge < -0.3 is 15.4 Å². The van der Waals surface area contributed by atoms with Gasteiger partial charge >= 0.3 is 0 Å². The van der Waals surface area contributed by atoms with Crippen molar-refractivity contribution in [1.82, 2.24) is 10.6 Å². The summed E-state index contributed by atoms with van der Waals surface area (Å²) in [6.45, 7) is 8.73. The fourth-order valence-corrected chi connectivity index (χ4v) is 2.27. The lowest BCUT2D eigenvalue weighted by Gasteiger charge is -2.28. The molecule has 0 aromatic carbocycles. The maximum atomic E-state index is 11.9. The first-order valence-corrected chi connectivity index (χ1v) is 7.24. The SMILES string of the molecule is CC(C)OCCCCNC(=O)C1NCCCC1C. The first-order chi connectivity index (χ1) is 8.61. The molecule has 1 amide bonds. The Hall–Kier alpha value is -0.610. The van der Waals surface area contributed by atoms with E-state index in [4.69, 9.17) is 4.74 Å². The van der Waals surface area contributed by atoms with Crippen molar-refractivity contribution in [1.29, 1.82) is 0 Å². The van der Waals surface area contributed by atoms with Gasteiger partial charge in [-0.1, -0.05) is 6.92 Å². The molecule has 2 unspecified atom stereocenters. The molecular formula is C14H28N2O2. The second kappa shape index (κ2) is 8.48. The van der Waals surface area contributed by atoms with E-state index in [9.17, 15) is 4.79 Å². The molecule has 0 bridgehead atoms. The van der Waals surface area contributed by atoms with Crippen LogP contribution in [0.15, 0.2) is 0 Å². The number of piperidine rings is 1. The predicted molar refractivity (Wildman–Crippen MR) is 73.5 cm³/mol. The van der Waals surface area contributed by atoms with E-state index in [-0.39, 0.29) is 11.9 Å². The summed E-state index contributed by atoms with van der Waals surface area (Å²) >= 11 is 0. The summed E-state index contributed by atoms with van der Waals surface area (Å²) in [6.07, 6.45) is 4.61. The molecule has 4 nitrogen and oxygen atoms in total. The van der Waals surface area contributed by atoms with Crippen LogP contribution < -0.4 is 10.6 Å². The summed E-state index contributed by atoms with van der Waals surface area (Å²) in [4.78, 5) is 11.9. The summed E-state index contributed by atoms with van der Waals surface area (Å²) in [6, 6.07) is 0.00524. The monoisotopic (exact) mass is 256 g/mol. The second-order valence-corrected chi connectivity index (χ2v) is 5.47. The fraction of sp³-hybridized carbons (Fsp3) is 0.929. The van der Waals surface area contributed by atoms with Crippen LogP contribution >= 0.6 is 0 Å². The van der Waals surface area contributed by atoms with Gasteiger partial charge in [0.15, 0.2) is 0 Å². The van der Waals surface area contributed by atoms with Crippen LogP contribution in [0.5, 0.6) is 0 Å². The third kappa shape index (κ3) is 5.83. The zero-order chi connectivity index (χ0) is 13.4. The summed E-state index contributed by atoms with van der Waals surface area (Å²) in [5.41, 5.74) is 0. The molecule has 1 heterocycles. The lowest BCUT2D eigenvalue weighted by Crippen LogP contribution is -2.51. The average Bonchev–Trinajstić information content (AvgIpc) is 2.33. The summed E-state index contributed by atoms with van der Waals surface area (Å²) < 4.78 is 5.46. The standard InChI is InChI=1S/C14H28N2O2/c1-11(2)18-10-5-4-8-16-14(17)13-12(3)7-6-9-15-13/h11-13,15H,4-10H2,1-3H3,(H,16,17). The van der Waals surface area contributed by atoms with Crippen LogP contribution in [-0.4, -0.2) is 37.7 Å². The van der Waals surface area contributed by atoms with E-state index in [2.05, 4.69) is 17.6 Å². The Labute approximate surface area is 111 Å². The van der Waals surface area contributed by atoms with Gasteiger partial charge in [-0.3, -0.25) is 4.79 Å². The Balaban J connectivity index is 2.06. The van der Waals surface area contributed by atoms with Crippen molar-refractivity contribution in [3.8, 4) is 0 Å². The topological polar surface area (TPSA) is 50.4 Å². The Bertz CT molecular complexity index is 244. The molecule has 18 heavy (non-hydrogen) atoms. The molecule has 0 spiro atoms. The van der Waals surface area contributed by atoms with Crippen molar-refractivity contribution in [2.75, 3.05) is 19.7 Å². The van der Waals surface area contributed by atoms with Gasteiger partial charge in [0.2, 0.25) is 5.91 Å². The molecule has 1 aliphatic heterocycles. The van der Waals surface area contributed by atoms with E-state index < -0.39 is 0 Å². The third-order valence-corrected chi connectivity index (χ3v) is 3.37. The van der Waals surface area contributed by atoms with Crippen LogP contribution in [0, 0.1) is 5.92 Å². The van der Waals surface area contributed by atoms with Gasteiger partial charge in [0.05, 0.1) is 12.1 Å². The van der Waals surface area contributed by atoms with E-state index in [1.165, 1.54) is 6.42 Å². The first kappa shape index (κ1) is 15.4. The summed E-state index contributed by atoms with van der Waals surface area (Å²) in [7, 11) is 0. The molecule has 0 aromatic rings. The van der Waals surface area contributed by atoms with Crippen molar-refractivity contribution in [2.45, 2.75) is 58.6 Å². The minimum Gasteiger partial charge on any atom is -0.379 e. The Morgan fingerprint density at radius 1 is 1.44 bits per heavy atom. The van der Waals surface area contributed by atoms with E-state index in [0.717, 1.165) is 39.0 Å². The van der Waals surface area contributed by atoms with Crippen LogP contribution in [-0.2, 0) is 9.53 Å². The van der Waals surface area contributed by atoms with Gasteiger partial charge in [0, 0.05) is 13.2 Å². The Kier molecular flexibility index (Phi) is 7.28. The zero-order valence-corrected chi connectivity index (χ0v) is 12.0. The molecular weight excluding hydrogens is 228 g/mol. The lowest BCUT2D eigenvalue weighted by molar-refractivity contribution is -0.124. The van der Waals surface area contributed by atoms with Crippen molar-refractivity contribution < 1.29 is 9.53 Å². The summed E-state index contributed by atoms with van der Waals surface area (Å²) in [5.74, 6) is 0.606. The fourth-order valence-electron chi connectivity index (χ4n) is 2.27. The lowest BCUT2D eigenvalue weighted by atomic mass is 9.92. The molecule has 1 rings (SSSR count). The van der Waals surface area contributed by atoms with Crippen molar-refractivity contribution in [3.05, 3.63) is 0 Å².